The quantitative estimate of drug-likeness (QED) is 0.505. The molecule has 142 valence electrons. The molecule has 1 aromatic heterocycles. The number of para-hydroxylation sites is 1. The van der Waals surface area contributed by atoms with Crippen LogP contribution in [0.5, 0.6) is 0 Å². The van der Waals surface area contributed by atoms with Crippen molar-refractivity contribution >= 4 is 10.9 Å². The molecule has 0 saturated carbocycles. The number of aliphatic hydroxyl groups is 1. The number of alkyl halides is 3. The average molecular weight is 386 g/mol. The lowest BCUT2D eigenvalue weighted by atomic mass is 9.85. The van der Waals surface area contributed by atoms with E-state index in [1.54, 1.807) is 12.1 Å². The Balaban J connectivity index is 1.89. The van der Waals surface area contributed by atoms with Crippen molar-refractivity contribution in [3.8, 4) is 5.69 Å². The summed E-state index contributed by atoms with van der Waals surface area (Å²) in [5, 5.41) is 15.2. The van der Waals surface area contributed by atoms with Gasteiger partial charge in [-0.1, -0.05) is 48.5 Å². The molecule has 4 aromatic rings. The van der Waals surface area contributed by atoms with E-state index in [0.717, 1.165) is 0 Å². The number of nitrogens with zero attached hydrogens (tertiary/aromatic N) is 2. The summed E-state index contributed by atoms with van der Waals surface area (Å²) in [5.41, 5.74) is -3.20. The molecular weight excluding hydrogens is 372 g/mol. The summed E-state index contributed by atoms with van der Waals surface area (Å²) in [4.78, 5) is 0. The second-order valence-electron chi connectivity index (χ2n) is 6.36. The fourth-order valence-electron chi connectivity index (χ4n) is 3.25. The lowest BCUT2D eigenvalue weighted by Gasteiger charge is -2.31. The summed E-state index contributed by atoms with van der Waals surface area (Å²) in [6.45, 7) is 0. The molecule has 0 bridgehead atoms. The van der Waals surface area contributed by atoms with Crippen LogP contribution < -0.4 is 0 Å². The standard InChI is InChI=1S/C21H14F4N2O/c22-17-8-4-5-9-19(17)27-18-11-10-16(12-14(18)13-26-27)20(28,21(23,24)25)15-6-2-1-3-7-15/h1-13,28H. The predicted octanol–water partition coefficient (Wildman–Crippen LogP) is 4.96. The summed E-state index contributed by atoms with van der Waals surface area (Å²) in [7, 11) is 0. The van der Waals surface area contributed by atoms with Crippen molar-refractivity contribution in [3.63, 3.8) is 0 Å². The minimum absolute atomic E-state index is 0.180. The Bertz CT molecular complexity index is 1140. The van der Waals surface area contributed by atoms with E-state index in [1.165, 1.54) is 71.5 Å². The van der Waals surface area contributed by atoms with Gasteiger partial charge < -0.3 is 5.11 Å². The maximum absolute atomic E-state index is 14.1. The van der Waals surface area contributed by atoms with Crippen LogP contribution in [0.2, 0.25) is 0 Å². The summed E-state index contributed by atoms with van der Waals surface area (Å²) in [5.74, 6) is -0.507. The van der Waals surface area contributed by atoms with Gasteiger partial charge in [0.15, 0.2) is 0 Å². The maximum Gasteiger partial charge on any atom is 0.425 e. The van der Waals surface area contributed by atoms with Gasteiger partial charge in [0, 0.05) is 5.39 Å². The highest BCUT2D eigenvalue weighted by atomic mass is 19.4. The lowest BCUT2D eigenvalue weighted by Crippen LogP contribution is -2.43. The van der Waals surface area contributed by atoms with Crippen LogP contribution in [-0.2, 0) is 5.60 Å². The third-order valence-electron chi connectivity index (χ3n) is 4.67. The number of benzene rings is 3. The molecular formula is C21H14F4N2O. The first-order valence-corrected chi connectivity index (χ1v) is 8.40. The molecule has 0 aliphatic heterocycles. The van der Waals surface area contributed by atoms with Crippen LogP contribution in [0, 0.1) is 5.82 Å². The van der Waals surface area contributed by atoms with Gasteiger partial charge in [0.2, 0.25) is 5.60 Å². The van der Waals surface area contributed by atoms with Gasteiger partial charge in [-0.05, 0) is 35.4 Å². The molecule has 0 aliphatic carbocycles. The fraction of sp³-hybridized carbons (Fsp3) is 0.0952. The average Bonchev–Trinajstić information content (AvgIpc) is 3.10. The van der Waals surface area contributed by atoms with E-state index in [2.05, 4.69) is 5.10 Å². The van der Waals surface area contributed by atoms with Crippen LogP contribution in [0.1, 0.15) is 11.1 Å². The molecule has 28 heavy (non-hydrogen) atoms. The predicted molar refractivity (Wildman–Crippen MR) is 96.5 cm³/mol. The van der Waals surface area contributed by atoms with E-state index in [1.807, 2.05) is 0 Å². The minimum Gasteiger partial charge on any atom is -0.372 e. The van der Waals surface area contributed by atoms with Crippen LogP contribution in [-0.4, -0.2) is 21.1 Å². The molecule has 1 atom stereocenters. The van der Waals surface area contributed by atoms with Crippen LogP contribution in [0.3, 0.4) is 0 Å². The Morgan fingerprint density at radius 1 is 0.821 bits per heavy atom. The third kappa shape index (κ3) is 2.75. The monoisotopic (exact) mass is 386 g/mol. The Hall–Kier alpha value is -3.19. The van der Waals surface area contributed by atoms with Crippen LogP contribution >= 0.6 is 0 Å². The second kappa shape index (κ2) is 6.45. The van der Waals surface area contributed by atoms with Gasteiger partial charge in [0.25, 0.3) is 0 Å². The summed E-state index contributed by atoms with van der Waals surface area (Å²) < 4.78 is 57.0. The van der Waals surface area contributed by atoms with Crippen molar-refractivity contribution in [1.29, 1.82) is 0 Å². The molecule has 0 aliphatic rings. The molecule has 1 unspecified atom stereocenters. The molecule has 4 rings (SSSR count). The van der Waals surface area contributed by atoms with Gasteiger partial charge in [0.1, 0.15) is 11.5 Å². The Morgan fingerprint density at radius 3 is 2.18 bits per heavy atom. The van der Waals surface area contributed by atoms with E-state index in [0.29, 0.717) is 10.9 Å². The maximum atomic E-state index is 14.1. The first kappa shape index (κ1) is 18.2. The van der Waals surface area contributed by atoms with Gasteiger partial charge in [0.05, 0.1) is 11.7 Å². The summed E-state index contributed by atoms with van der Waals surface area (Å²) >= 11 is 0. The molecule has 0 saturated heterocycles. The number of hydrogen-bond acceptors (Lipinski definition) is 2. The Morgan fingerprint density at radius 2 is 1.50 bits per heavy atom. The van der Waals surface area contributed by atoms with E-state index in [9.17, 15) is 22.7 Å². The van der Waals surface area contributed by atoms with Crippen LogP contribution in [0.25, 0.3) is 16.6 Å². The SMILES string of the molecule is OC(c1ccccc1)(c1ccc2c(cnn2-c2ccccc2F)c1)C(F)(F)F. The highest BCUT2D eigenvalue weighted by Crippen LogP contribution is 2.44. The summed E-state index contributed by atoms with van der Waals surface area (Å²) in [6.07, 6.45) is -3.60. The number of aromatic nitrogens is 2. The molecule has 7 heteroatoms. The first-order valence-electron chi connectivity index (χ1n) is 8.40. The molecule has 3 nitrogen and oxygen atoms in total. The molecule has 0 fully saturated rings. The smallest absolute Gasteiger partial charge is 0.372 e. The topological polar surface area (TPSA) is 38.1 Å². The summed E-state index contributed by atoms with van der Waals surface area (Å²) in [6, 6.07) is 16.6. The fourth-order valence-corrected chi connectivity index (χ4v) is 3.25. The van der Waals surface area contributed by atoms with E-state index >= 15 is 0 Å². The second-order valence-corrected chi connectivity index (χ2v) is 6.36. The van der Waals surface area contributed by atoms with Gasteiger partial charge in [-0.2, -0.15) is 18.3 Å². The lowest BCUT2D eigenvalue weighted by molar-refractivity contribution is -0.248. The van der Waals surface area contributed by atoms with Crippen LogP contribution in [0.15, 0.2) is 79.0 Å². The van der Waals surface area contributed by atoms with Crippen molar-refractivity contribution in [1.82, 2.24) is 9.78 Å². The van der Waals surface area contributed by atoms with Crippen molar-refractivity contribution in [3.05, 3.63) is 95.9 Å². The van der Waals surface area contributed by atoms with Gasteiger partial charge in [-0.3, -0.25) is 0 Å². The number of hydrogen-bond donors (Lipinski definition) is 1. The number of halogens is 4. The molecule has 0 spiro atoms. The van der Waals surface area contributed by atoms with Crippen molar-refractivity contribution in [2.24, 2.45) is 0 Å². The highest BCUT2D eigenvalue weighted by molar-refractivity contribution is 5.81. The van der Waals surface area contributed by atoms with E-state index in [-0.39, 0.29) is 16.8 Å². The van der Waals surface area contributed by atoms with Gasteiger partial charge >= 0.3 is 6.18 Å². The zero-order valence-corrected chi connectivity index (χ0v) is 14.4. The number of rotatable bonds is 3. The molecule has 0 radical (unpaired) electrons. The van der Waals surface area contributed by atoms with Gasteiger partial charge in [-0.15, -0.1) is 0 Å². The molecule has 0 amide bonds. The minimum atomic E-state index is -4.94. The zero-order valence-electron chi connectivity index (χ0n) is 14.4. The van der Waals surface area contributed by atoms with Crippen molar-refractivity contribution in [2.75, 3.05) is 0 Å². The largest absolute Gasteiger partial charge is 0.425 e. The molecule has 1 heterocycles. The van der Waals surface area contributed by atoms with Gasteiger partial charge in [-0.25, -0.2) is 9.07 Å². The first-order chi connectivity index (χ1) is 13.3. The molecule has 3 aromatic carbocycles. The van der Waals surface area contributed by atoms with E-state index < -0.39 is 17.6 Å². The molecule has 1 N–H and O–H groups in total. The Kier molecular flexibility index (Phi) is 4.19. The zero-order chi connectivity index (χ0) is 19.9. The Labute approximate surface area is 157 Å². The van der Waals surface area contributed by atoms with Crippen LogP contribution in [0.4, 0.5) is 17.6 Å². The number of fused-ring (bicyclic) bond motifs is 1. The van der Waals surface area contributed by atoms with Crippen molar-refractivity contribution < 1.29 is 22.7 Å². The highest BCUT2D eigenvalue weighted by Gasteiger charge is 2.56. The van der Waals surface area contributed by atoms with E-state index in [4.69, 9.17) is 0 Å². The van der Waals surface area contributed by atoms with Crippen molar-refractivity contribution in [2.45, 2.75) is 11.8 Å². The normalized spacial score (nSPS) is 14.2. The third-order valence-corrected chi connectivity index (χ3v) is 4.67.